The van der Waals surface area contributed by atoms with Crippen LogP contribution in [0.5, 0.6) is 0 Å². The molecule has 1 aliphatic carbocycles. The summed E-state index contributed by atoms with van der Waals surface area (Å²) in [5.41, 5.74) is 1.58. The van der Waals surface area contributed by atoms with Gasteiger partial charge in [-0.2, -0.15) is 0 Å². The predicted octanol–water partition coefficient (Wildman–Crippen LogP) is 3.81. The average molecular weight is 280 g/mol. The second kappa shape index (κ2) is 4.71. The van der Waals surface area contributed by atoms with Crippen LogP contribution in [0, 0.1) is 5.41 Å². The minimum absolute atomic E-state index is 0.318. The van der Waals surface area contributed by atoms with Crippen molar-refractivity contribution in [3.8, 4) is 0 Å². The molecule has 1 aromatic rings. The molecule has 2 fully saturated rings. The summed E-state index contributed by atoms with van der Waals surface area (Å²) in [7, 11) is 0. The molecular weight excluding hydrogens is 262 g/mol. The summed E-state index contributed by atoms with van der Waals surface area (Å²) in [4.78, 5) is 13.5. The number of benzene rings is 1. The Bertz CT molecular complexity index is 501. The van der Waals surface area contributed by atoms with Crippen molar-refractivity contribution in [2.45, 2.75) is 32.1 Å². The quantitative estimate of drug-likeness (QED) is 0.895. The molecule has 0 aromatic heterocycles. The van der Waals surface area contributed by atoms with E-state index in [0.717, 1.165) is 18.8 Å². The van der Waals surface area contributed by atoms with Crippen molar-refractivity contribution in [2.24, 2.45) is 5.41 Å². The molecule has 0 amide bonds. The fourth-order valence-corrected chi connectivity index (χ4v) is 3.68. The van der Waals surface area contributed by atoms with Crippen LogP contribution < -0.4 is 4.90 Å². The Morgan fingerprint density at radius 3 is 2.53 bits per heavy atom. The first-order valence-electron chi connectivity index (χ1n) is 6.88. The summed E-state index contributed by atoms with van der Waals surface area (Å²) < 4.78 is 0. The third kappa shape index (κ3) is 2.32. The Morgan fingerprint density at radius 1 is 1.21 bits per heavy atom. The highest BCUT2D eigenvalue weighted by atomic mass is 35.5. The lowest BCUT2D eigenvalue weighted by atomic mass is 9.68. The number of carbonyl (C=O) groups is 1. The van der Waals surface area contributed by atoms with Crippen LogP contribution in [0.3, 0.4) is 0 Å². The van der Waals surface area contributed by atoms with Gasteiger partial charge < -0.3 is 10.0 Å². The molecule has 3 nitrogen and oxygen atoms in total. The summed E-state index contributed by atoms with van der Waals surface area (Å²) in [6, 6.07) is 5.15. The van der Waals surface area contributed by atoms with Gasteiger partial charge in [0.15, 0.2) is 0 Å². The van der Waals surface area contributed by atoms with E-state index in [4.69, 9.17) is 11.6 Å². The van der Waals surface area contributed by atoms with Gasteiger partial charge >= 0.3 is 5.97 Å². The molecular formula is C15H18ClNO2. The maximum Gasteiger partial charge on any atom is 0.337 e. The molecule has 3 rings (SSSR count). The van der Waals surface area contributed by atoms with E-state index in [0.29, 0.717) is 16.0 Å². The SMILES string of the molecule is O=C(O)c1cc(Cl)ccc1N1CC2(CCCCC2)C1. The maximum atomic E-state index is 11.3. The number of hydrogen-bond donors (Lipinski definition) is 1. The Balaban J connectivity index is 1.79. The van der Waals surface area contributed by atoms with Crippen molar-refractivity contribution in [3.05, 3.63) is 28.8 Å². The van der Waals surface area contributed by atoms with E-state index in [1.807, 2.05) is 6.07 Å². The maximum absolute atomic E-state index is 11.3. The summed E-state index contributed by atoms with van der Waals surface area (Å²) in [5.74, 6) is -0.901. The number of halogens is 1. The largest absolute Gasteiger partial charge is 0.478 e. The van der Waals surface area contributed by atoms with Gasteiger partial charge in [-0.05, 0) is 31.0 Å². The van der Waals surface area contributed by atoms with Gasteiger partial charge in [-0.1, -0.05) is 30.9 Å². The van der Waals surface area contributed by atoms with E-state index >= 15 is 0 Å². The molecule has 0 atom stereocenters. The summed E-state index contributed by atoms with van der Waals surface area (Å²) in [6.07, 6.45) is 6.57. The van der Waals surface area contributed by atoms with E-state index in [-0.39, 0.29) is 0 Å². The lowest BCUT2D eigenvalue weighted by molar-refractivity contribution is 0.0695. The molecule has 1 N–H and O–H groups in total. The zero-order chi connectivity index (χ0) is 13.5. The average Bonchev–Trinajstić information content (AvgIpc) is 2.37. The highest BCUT2D eigenvalue weighted by molar-refractivity contribution is 6.31. The molecule has 19 heavy (non-hydrogen) atoms. The third-order valence-electron chi connectivity index (χ3n) is 4.50. The van der Waals surface area contributed by atoms with Gasteiger partial charge in [-0.25, -0.2) is 4.79 Å². The van der Waals surface area contributed by atoms with E-state index in [9.17, 15) is 9.90 Å². The first-order valence-corrected chi connectivity index (χ1v) is 7.25. The molecule has 1 saturated carbocycles. The number of carboxylic acid groups (broad SMARTS) is 1. The van der Waals surface area contributed by atoms with E-state index < -0.39 is 5.97 Å². The van der Waals surface area contributed by atoms with Gasteiger partial charge in [0.05, 0.1) is 11.3 Å². The van der Waals surface area contributed by atoms with Gasteiger partial charge in [-0.15, -0.1) is 0 Å². The molecule has 0 radical (unpaired) electrons. The zero-order valence-corrected chi connectivity index (χ0v) is 11.6. The van der Waals surface area contributed by atoms with E-state index in [2.05, 4.69) is 4.90 Å². The van der Waals surface area contributed by atoms with Crippen LogP contribution in [0.15, 0.2) is 18.2 Å². The van der Waals surface area contributed by atoms with Crippen LogP contribution in [0.1, 0.15) is 42.5 Å². The normalized spacial score (nSPS) is 21.2. The van der Waals surface area contributed by atoms with Crippen molar-refractivity contribution in [2.75, 3.05) is 18.0 Å². The minimum Gasteiger partial charge on any atom is -0.478 e. The van der Waals surface area contributed by atoms with Crippen LogP contribution in [0.4, 0.5) is 5.69 Å². The highest BCUT2D eigenvalue weighted by Gasteiger charge is 2.44. The first kappa shape index (κ1) is 12.8. The minimum atomic E-state index is -0.901. The van der Waals surface area contributed by atoms with Crippen molar-refractivity contribution >= 4 is 23.3 Å². The van der Waals surface area contributed by atoms with Crippen LogP contribution >= 0.6 is 11.6 Å². The molecule has 1 spiro atoms. The van der Waals surface area contributed by atoms with Crippen molar-refractivity contribution < 1.29 is 9.90 Å². The van der Waals surface area contributed by atoms with Crippen LogP contribution in [-0.4, -0.2) is 24.2 Å². The smallest absolute Gasteiger partial charge is 0.337 e. The number of rotatable bonds is 2. The van der Waals surface area contributed by atoms with Crippen molar-refractivity contribution in [1.82, 2.24) is 0 Å². The molecule has 0 bridgehead atoms. The second-order valence-electron chi connectivity index (χ2n) is 5.88. The summed E-state index contributed by atoms with van der Waals surface area (Å²) in [5, 5.41) is 9.76. The second-order valence-corrected chi connectivity index (χ2v) is 6.32. The number of anilines is 1. The van der Waals surface area contributed by atoms with Crippen molar-refractivity contribution in [3.63, 3.8) is 0 Å². The topological polar surface area (TPSA) is 40.5 Å². The molecule has 1 saturated heterocycles. The van der Waals surface area contributed by atoms with Gasteiger partial charge in [0.25, 0.3) is 0 Å². The fraction of sp³-hybridized carbons (Fsp3) is 0.533. The standard InChI is InChI=1S/C15H18ClNO2/c16-11-4-5-13(12(8-11)14(18)19)17-9-15(10-17)6-2-1-3-7-15/h4-5,8H,1-3,6-7,9-10H2,(H,18,19). The monoisotopic (exact) mass is 279 g/mol. The van der Waals surface area contributed by atoms with Gasteiger partial charge in [0.1, 0.15) is 0 Å². The molecule has 4 heteroatoms. The number of hydrogen-bond acceptors (Lipinski definition) is 2. The van der Waals surface area contributed by atoms with Crippen LogP contribution in [0.25, 0.3) is 0 Å². The van der Waals surface area contributed by atoms with Gasteiger partial charge in [0.2, 0.25) is 0 Å². The molecule has 0 unspecified atom stereocenters. The fourth-order valence-electron chi connectivity index (χ4n) is 3.51. The Morgan fingerprint density at radius 2 is 1.89 bits per heavy atom. The third-order valence-corrected chi connectivity index (χ3v) is 4.73. The Hall–Kier alpha value is -1.22. The lowest BCUT2D eigenvalue weighted by Gasteiger charge is -2.54. The Kier molecular flexibility index (Phi) is 3.17. The molecule has 1 heterocycles. The number of aromatic carboxylic acids is 1. The number of carboxylic acids is 1. The highest BCUT2D eigenvalue weighted by Crippen LogP contribution is 2.46. The molecule has 2 aliphatic rings. The lowest BCUT2D eigenvalue weighted by Crippen LogP contribution is -2.57. The van der Waals surface area contributed by atoms with Crippen LogP contribution in [0.2, 0.25) is 5.02 Å². The van der Waals surface area contributed by atoms with E-state index in [1.54, 1.807) is 12.1 Å². The first-order chi connectivity index (χ1) is 9.10. The van der Waals surface area contributed by atoms with Gasteiger partial charge in [0, 0.05) is 23.5 Å². The summed E-state index contributed by atoms with van der Waals surface area (Å²) in [6.45, 7) is 1.99. The number of nitrogens with zero attached hydrogens (tertiary/aromatic N) is 1. The molecule has 1 aromatic carbocycles. The Labute approximate surface area is 118 Å². The van der Waals surface area contributed by atoms with Crippen LogP contribution in [-0.2, 0) is 0 Å². The summed E-state index contributed by atoms with van der Waals surface area (Å²) >= 11 is 5.89. The molecule has 102 valence electrons. The van der Waals surface area contributed by atoms with Crippen molar-refractivity contribution in [1.29, 1.82) is 0 Å². The van der Waals surface area contributed by atoms with E-state index in [1.165, 1.54) is 32.1 Å². The molecule has 1 aliphatic heterocycles. The predicted molar refractivity (Wildman–Crippen MR) is 76.1 cm³/mol. The van der Waals surface area contributed by atoms with Gasteiger partial charge in [-0.3, -0.25) is 0 Å². The zero-order valence-electron chi connectivity index (χ0n) is 10.9.